The van der Waals surface area contributed by atoms with Crippen molar-refractivity contribution in [2.45, 2.75) is 65.2 Å². The van der Waals surface area contributed by atoms with Gasteiger partial charge in [0.25, 0.3) is 0 Å². The average Bonchev–Trinajstić information content (AvgIpc) is 3.20. The van der Waals surface area contributed by atoms with Crippen molar-refractivity contribution in [3.8, 4) is 11.5 Å². The van der Waals surface area contributed by atoms with Crippen LogP contribution in [0.3, 0.4) is 0 Å². The molecule has 1 heterocycles. The Kier molecular flexibility index (Phi) is 10.0. The van der Waals surface area contributed by atoms with E-state index in [9.17, 15) is 4.79 Å². The molecule has 2 aromatic rings. The van der Waals surface area contributed by atoms with Crippen LogP contribution in [-0.4, -0.2) is 25.1 Å². The molecule has 0 fully saturated rings. The summed E-state index contributed by atoms with van der Waals surface area (Å²) in [5.74, 6) is 1.36. The molecular weight excluding hydrogens is 414 g/mol. The highest BCUT2D eigenvalue weighted by Crippen LogP contribution is 2.25. The highest BCUT2D eigenvalue weighted by molar-refractivity contribution is 6.13. The van der Waals surface area contributed by atoms with E-state index in [0.29, 0.717) is 18.3 Å². The van der Waals surface area contributed by atoms with Gasteiger partial charge in [-0.15, -0.1) is 0 Å². The molecule has 0 aliphatic carbocycles. The maximum Gasteiger partial charge on any atom is 0.363 e. The van der Waals surface area contributed by atoms with E-state index < -0.39 is 5.97 Å². The van der Waals surface area contributed by atoms with E-state index in [1.807, 2.05) is 55.5 Å². The van der Waals surface area contributed by atoms with Gasteiger partial charge in [-0.3, -0.25) is 0 Å². The quantitative estimate of drug-likeness (QED) is 0.178. The minimum atomic E-state index is -0.466. The van der Waals surface area contributed by atoms with Gasteiger partial charge in [-0.1, -0.05) is 70.1 Å². The average molecular weight is 450 g/mol. The zero-order valence-corrected chi connectivity index (χ0v) is 19.8. The lowest BCUT2D eigenvalue weighted by atomic mass is 10.1. The Balaban J connectivity index is 1.50. The smallest absolute Gasteiger partial charge is 0.363 e. The Morgan fingerprint density at radius 3 is 2.27 bits per heavy atom. The van der Waals surface area contributed by atoms with E-state index in [4.69, 9.17) is 14.2 Å². The molecule has 0 radical (unpaired) electrons. The molecule has 3 rings (SSSR count). The zero-order valence-electron chi connectivity index (χ0n) is 19.8. The number of benzene rings is 2. The molecule has 176 valence electrons. The Morgan fingerprint density at radius 1 is 0.848 bits per heavy atom. The number of unbranched alkanes of at least 4 members (excludes halogenated alkanes) is 7. The molecule has 1 aliphatic heterocycles. The van der Waals surface area contributed by atoms with Crippen LogP contribution in [0.4, 0.5) is 0 Å². The number of rotatable bonds is 14. The lowest BCUT2D eigenvalue weighted by Crippen LogP contribution is -2.05. The van der Waals surface area contributed by atoms with Crippen molar-refractivity contribution in [3.63, 3.8) is 0 Å². The largest absolute Gasteiger partial charge is 0.494 e. The van der Waals surface area contributed by atoms with Crippen LogP contribution in [0.5, 0.6) is 11.5 Å². The van der Waals surface area contributed by atoms with E-state index in [2.05, 4.69) is 11.9 Å². The van der Waals surface area contributed by atoms with Crippen molar-refractivity contribution in [1.82, 2.24) is 0 Å². The van der Waals surface area contributed by atoms with Crippen molar-refractivity contribution >= 4 is 17.9 Å². The van der Waals surface area contributed by atoms with Crippen LogP contribution in [0.25, 0.3) is 6.08 Å². The van der Waals surface area contributed by atoms with Crippen LogP contribution in [0.1, 0.15) is 76.3 Å². The van der Waals surface area contributed by atoms with Gasteiger partial charge in [-0.2, -0.15) is 0 Å². The lowest BCUT2D eigenvalue weighted by molar-refractivity contribution is -0.129. The second kappa shape index (κ2) is 13.5. The van der Waals surface area contributed by atoms with Crippen molar-refractivity contribution in [3.05, 3.63) is 65.4 Å². The minimum Gasteiger partial charge on any atom is -0.494 e. The molecule has 0 aromatic heterocycles. The number of aliphatic imine (C=N–C) groups is 1. The Morgan fingerprint density at radius 2 is 1.55 bits per heavy atom. The monoisotopic (exact) mass is 449 g/mol. The molecule has 0 amide bonds. The number of ether oxygens (including phenoxy) is 3. The van der Waals surface area contributed by atoms with Gasteiger partial charge < -0.3 is 14.2 Å². The van der Waals surface area contributed by atoms with Gasteiger partial charge in [0, 0.05) is 11.1 Å². The number of esters is 1. The third kappa shape index (κ3) is 7.77. The molecule has 5 heteroatoms. The summed E-state index contributed by atoms with van der Waals surface area (Å²) >= 11 is 0. The third-order valence-corrected chi connectivity index (χ3v) is 5.50. The summed E-state index contributed by atoms with van der Waals surface area (Å²) in [7, 11) is 0. The van der Waals surface area contributed by atoms with Crippen LogP contribution in [0, 0.1) is 0 Å². The lowest BCUT2D eigenvalue weighted by Gasteiger charge is -2.07. The molecule has 1 aliphatic rings. The molecule has 0 saturated carbocycles. The summed E-state index contributed by atoms with van der Waals surface area (Å²) in [5, 5.41) is 0. The molecule has 0 saturated heterocycles. The van der Waals surface area contributed by atoms with E-state index in [0.717, 1.165) is 29.9 Å². The number of para-hydroxylation sites is 1. The number of hydrogen-bond acceptors (Lipinski definition) is 5. The Bertz CT molecular complexity index is 947. The fraction of sp³-hybridized carbons (Fsp3) is 0.429. The Hall–Kier alpha value is -3.08. The van der Waals surface area contributed by atoms with Crippen LogP contribution in [0.15, 0.2) is 59.2 Å². The molecular formula is C28H35NO4. The van der Waals surface area contributed by atoms with Gasteiger partial charge >= 0.3 is 5.97 Å². The summed E-state index contributed by atoms with van der Waals surface area (Å²) in [6.45, 7) is 5.44. The second-order valence-corrected chi connectivity index (χ2v) is 8.15. The van der Waals surface area contributed by atoms with Gasteiger partial charge in [0.2, 0.25) is 5.90 Å². The predicted molar refractivity (Wildman–Crippen MR) is 133 cm³/mol. The first-order valence-corrected chi connectivity index (χ1v) is 12.2. The van der Waals surface area contributed by atoms with Crippen molar-refractivity contribution in [1.29, 1.82) is 0 Å². The predicted octanol–water partition coefficient (Wildman–Crippen LogP) is 6.95. The summed E-state index contributed by atoms with van der Waals surface area (Å²) in [4.78, 5) is 16.7. The molecule has 5 nitrogen and oxygen atoms in total. The van der Waals surface area contributed by atoms with Gasteiger partial charge in [0.05, 0.1) is 13.2 Å². The number of carbonyl (C=O) groups excluding carboxylic acids is 1. The summed E-state index contributed by atoms with van der Waals surface area (Å²) in [6.07, 6.45) is 11.9. The summed E-state index contributed by atoms with van der Waals surface area (Å²) in [5.41, 5.74) is 1.79. The fourth-order valence-corrected chi connectivity index (χ4v) is 3.69. The number of hydrogen-bond donors (Lipinski definition) is 0. The van der Waals surface area contributed by atoms with Gasteiger partial charge in [-0.05, 0) is 49.8 Å². The van der Waals surface area contributed by atoms with Crippen LogP contribution in [0.2, 0.25) is 0 Å². The van der Waals surface area contributed by atoms with E-state index in [1.54, 1.807) is 6.08 Å². The SMILES string of the molecule is CCCCCCCCCCOc1ccc(C2=N/C(=C\c3ccccc3OCC)C(=O)O2)cc1. The van der Waals surface area contributed by atoms with Gasteiger partial charge in [0.15, 0.2) is 5.70 Å². The van der Waals surface area contributed by atoms with E-state index >= 15 is 0 Å². The second-order valence-electron chi connectivity index (χ2n) is 8.15. The molecule has 0 N–H and O–H groups in total. The number of carbonyl (C=O) groups is 1. The minimum absolute atomic E-state index is 0.257. The third-order valence-electron chi connectivity index (χ3n) is 5.50. The van der Waals surface area contributed by atoms with Crippen molar-refractivity contribution < 1.29 is 19.0 Å². The number of cyclic esters (lactones) is 1. The standard InChI is InChI=1S/C28H35NO4/c1-3-5-6-7-8-9-10-13-20-32-24-18-16-22(17-19-24)27-29-25(28(30)33-27)21-23-14-11-12-15-26(23)31-4-2/h11-12,14-19,21H,3-10,13,20H2,1-2H3/b25-21-. The fourth-order valence-electron chi connectivity index (χ4n) is 3.69. The van der Waals surface area contributed by atoms with Crippen LogP contribution in [-0.2, 0) is 9.53 Å². The van der Waals surface area contributed by atoms with E-state index in [1.165, 1.54) is 44.9 Å². The normalized spacial score (nSPS) is 14.3. The maximum absolute atomic E-state index is 12.3. The first kappa shape index (κ1) is 24.6. The molecule has 33 heavy (non-hydrogen) atoms. The summed E-state index contributed by atoms with van der Waals surface area (Å²) < 4.78 is 16.9. The highest BCUT2D eigenvalue weighted by Gasteiger charge is 2.24. The summed E-state index contributed by atoms with van der Waals surface area (Å²) in [6, 6.07) is 15.1. The maximum atomic E-state index is 12.3. The first-order valence-electron chi connectivity index (χ1n) is 12.2. The van der Waals surface area contributed by atoms with Crippen LogP contribution >= 0.6 is 0 Å². The highest BCUT2D eigenvalue weighted by atomic mass is 16.6. The van der Waals surface area contributed by atoms with Gasteiger partial charge in [0.1, 0.15) is 11.5 Å². The number of nitrogens with zero attached hydrogens (tertiary/aromatic N) is 1. The van der Waals surface area contributed by atoms with Crippen molar-refractivity contribution in [2.75, 3.05) is 13.2 Å². The first-order chi connectivity index (χ1) is 16.2. The molecule has 0 spiro atoms. The molecule has 0 bridgehead atoms. The molecule has 2 aromatic carbocycles. The zero-order chi connectivity index (χ0) is 23.3. The van der Waals surface area contributed by atoms with E-state index in [-0.39, 0.29) is 5.70 Å². The van der Waals surface area contributed by atoms with Crippen molar-refractivity contribution in [2.24, 2.45) is 4.99 Å². The van der Waals surface area contributed by atoms with Crippen LogP contribution < -0.4 is 9.47 Å². The van der Waals surface area contributed by atoms with Gasteiger partial charge in [-0.25, -0.2) is 9.79 Å². The topological polar surface area (TPSA) is 57.1 Å². The molecule has 0 atom stereocenters. The molecule has 0 unspecified atom stereocenters. The Labute approximate surface area is 197 Å².